The van der Waals surface area contributed by atoms with Gasteiger partial charge in [0, 0.05) is 18.7 Å². The molecule has 0 radical (unpaired) electrons. The molecule has 0 aromatic heterocycles. The van der Waals surface area contributed by atoms with Crippen LogP contribution in [0.2, 0.25) is 0 Å². The minimum Gasteiger partial charge on any atom is -0.381 e. The molecule has 1 unspecified atom stereocenters. The van der Waals surface area contributed by atoms with Crippen LogP contribution in [0.1, 0.15) is 19.3 Å². The zero-order valence-electron chi connectivity index (χ0n) is 8.69. The molecule has 2 aliphatic rings. The third kappa shape index (κ3) is 3.14. The second-order valence-corrected chi connectivity index (χ2v) is 6.36. The van der Waals surface area contributed by atoms with E-state index in [9.17, 15) is 8.42 Å². The van der Waals surface area contributed by atoms with Gasteiger partial charge in [-0.2, -0.15) is 0 Å². The summed E-state index contributed by atoms with van der Waals surface area (Å²) in [7, 11) is -3.13. The van der Waals surface area contributed by atoms with Crippen LogP contribution in [0.15, 0.2) is 0 Å². The summed E-state index contributed by atoms with van der Waals surface area (Å²) in [6, 6.07) is 0.236. The lowest BCUT2D eigenvalue weighted by atomic mass is 9.89. The van der Waals surface area contributed by atoms with Crippen LogP contribution in [0.4, 0.5) is 0 Å². The van der Waals surface area contributed by atoms with Gasteiger partial charge in [0.2, 0.25) is 10.0 Å². The first kappa shape index (κ1) is 11.3. The van der Waals surface area contributed by atoms with E-state index in [-0.39, 0.29) is 23.8 Å². The maximum absolute atomic E-state index is 11.7. The Bertz CT molecular complexity index is 305. The van der Waals surface area contributed by atoms with Gasteiger partial charge < -0.3 is 10.5 Å². The molecule has 1 heterocycles. The molecule has 1 saturated heterocycles. The van der Waals surface area contributed by atoms with E-state index in [1.807, 2.05) is 0 Å². The molecule has 3 N–H and O–H groups in total. The van der Waals surface area contributed by atoms with Crippen LogP contribution in [0.3, 0.4) is 0 Å². The standard InChI is InChI=1S/C9H18N2O3S/c10-8-3-9(4-8)11-15(12,13)6-7-1-2-14-5-7/h7-9,11H,1-6,10H2. The molecule has 0 bridgehead atoms. The highest BCUT2D eigenvalue weighted by molar-refractivity contribution is 7.89. The first-order valence-corrected chi connectivity index (χ1v) is 7.04. The molecule has 88 valence electrons. The maximum Gasteiger partial charge on any atom is 0.212 e. The summed E-state index contributed by atoms with van der Waals surface area (Å²) >= 11 is 0. The molecule has 0 spiro atoms. The number of nitrogens with two attached hydrogens (primary N) is 1. The molecular weight excluding hydrogens is 216 g/mol. The normalized spacial score (nSPS) is 36.5. The van der Waals surface area contributed by atoms with Gasteiger partial charge >= 0.3 is 0 Å². The third-order valence-electron chi connectivity index (χ3n) is 3.00. The lowest BCUT2D eigenvalue weighted by molar-refractivity contribution is 0.188. The van der Waals surface area contributed by atoms with Crippen molar-refractivity contribution in [3.8, 4) is 0 Å². The largest absolute Gasteiger partial charge is 0.381 e. The Morgan fingerprint density at radius 1 is 1.40 bits per heavy atom. The molecule has 1 aliphatic carbocycles. The van der Waals surface area contributed by atoms with Crippen LogP contribution >= 0.6 is 0 Å². The van der Waals surface area contributed by atoms with Crippen LogP contribution in [0.5, 0.6) is 0 Å². The topological polar surface area (TPSA) is 81.4 Å². The summed E-state index contributed by atoms with van der Waals surface area (Å²) in [6.45, 7) is 1.26. The van der Waals surface area contributed by atoms with Crippen molar-refractivity contribution >= 4 is 10.0 Å². The van der Waals surface area contributed by atoms with Crippen molar-refractivity contribution in [2.45, 2.75) is 31.3 Å². The second-order valence-electron chi connectivity index (χ2n) is 4.56. The quantitative estimate of drug-likeness (QED) is 0.682. The summed E-state index contributed by atoms with van der Waals surface area (Å²) in [5.74, 6) is 0.356. The Labute approximate surface area is 90.4 Å². The van der Waals surface area contributed by atoms with E-state index in [1.54, 1.807) is 0 Å². The van der Waals surface area contributed by atoms with E-state index in [4.69, 9.17) is 10.5 Å². The molecule has 1 saturated carbocycles. The molecule has 0 amide bonds. The van der Waals surface area contributed by atoms with E-state index in [1.165, 1.54) is 0 Å². The van der Waals surface area contributed by atoms with Crippen LogP contribution in [-0.2, 0) is 14.8 Å². The van der Waals surface area contributed by atoms with Crippen LogP contribution in [0, 0.1) is 5.92 Å². The van der Waals surface area contributed by atoms with Gasteiger partial charge in [-0.3, -0.25) is 0 Å². The Balaban J connectivity index is 1.78. The van der Waals surface area contributed by atoms with Gasteiger partial charge in [-0.15, -0.1) is 0 Å². The van der Waals surface area contributed by atoms with Crippen molar-refractivity contribution in [2.24, 2.45) is 11.7 Å². The zero-order chi connectivity index (χ0) is 10.9. The average Bonchev–Trinajstić information content (AvgIpc) is 2.52. The Kier molecular flexibility index (Phi) is 3.30. The van der Waals surface area contributed by atoms with Gasteiger partial charge in [0.05, 0.1) is 12.4 Å². The number of hydrogen-bond donors (Lipinski definition) is 2. The van der Waals surface area contributed by atoms with Gasteiger partial charge in [0.25, 0.3) is 0 Å². The van der Waals surface area contributed by atoms with Gasteiger partial charge in [-0.05, 0) is 25.2 Å². The molecule has 1 aliphatic heterocycles. The summed E-state index contributed by atoms with van der Waals surface area (Å²) in [4.78, 5) is 0. The Hall–Kier alpha value is -0.170. The van der Waals surface area contributed by atoms with Gasteiger partial charge in [-0.1, -0.05) is 0 Å². The number of hydrogen-bond acceptors (Lipinski definition) is 4. The first-order chi connectivity index (χ1) is 7.05. The van der Waals surface area contributed by atoms with Crippen molar-refractivity contribution < 1.29 is 13.2 Å². The van der Waals surface area contributed by atoms with Crippen molar-refractivity contribution in [1.29, 1.82) is 0 Å². The first-order valence-electron chi connectivity index (χ1n) is 5.38. The van der Waals surface area contributed by atoms with Crippen LogP contribution < -0.4 is 10.5 Å². The third-order valence-corrected chi connectivity index (χ3v) is 4.60. The highest BCUT2D eigenvalue weighted by atomic mass is 32.2. The van der Waals surface area contributed by atoms with Crippen molar-refractivity contribution in [3.63, 3.8) is 0 Å². The van der Waals surface area contributed by atoms with Crippen molar-refractivity contribution in [3.05, 3.63) is 0 Å². The summed E-state index contributed by atoms with van der Waals surface area (Å²) in [5.41, 5.74) is 5.60. The summed E-state index contributed by atoms with van der Waals surface area (Å²) in [5, 5.41) is 0. The van der Waals surface area contributed by atoms with E-state index in [0.29, 0.717) is 13.2 Å². The van der Waals surface area contributed by atoms with E-state index >= 15 is 0 Å². The van der Waals surface area contributed by atoms with E-state index in [2.05, 4.69) is 4.72 Å². The maximum atomic E-state index is 11.7. The molecule has 1 atom stereocenters. The minimum atomic E-state index is -3.13. The smallest absolute Gasteiger partial charge is 0.212 e. The average molecular weight is 234 g/mol. The molecule has 2 rings (SSSR count). The fraction of sp³-hybridized carbons (Fsp3) is 1.00. The van der Waals surface area contributed by atoms with Gasteiger partial charge in [-0.25, -0.2) is 13.1 Å². The highest BCUT2D eigenvalue weighted by Crippen LogP contribution is 2.20. The SMILES string of the molecule is NC1CC(NS(=O)(=O)CC2CCOC2)C1. The van der Waals surface area contributed by atoms with Gasteiger partial charge in [0.1, 0.15) is 0 Å². The van der Waals surface area contributed by atoms with Crippen molar-refractivity contribution in [2.75, 3.05) is 19.0 Å². The number of sulfonamides is 1. The molecule has 0 aromatic rings. The fourth-order valence-electron chi connectivity index (χ4n) is 2.09. The second kappa shape index (κ2) is 4.37. The number of rotatable bonds is 4. The number of nitrogens with one attached hydrogen (secondary N) is 1. The number of ether oxygens (including phenoxy) is 1. The summed E-state index contributed by atoms with van der Waals surface area (Å²) < 4.78 is 31.2. The monoisotopic (exact) mass is 234 g/mol. The molecule has 0 aromatic carbocycles. The molecule has 5 nitrogen and oxygen atoms in total. The lowest BCUT2D eigenvalue weighted by Gasteiger charge is -2.32. The summed E-state index contributed by atoms with van der Waals surface area (Å²) in [6.07, 6.45) is 2.38. The molecule has 15 heavy (non-hydrogen) atoms. The van der Waals surface area contributed by atoms with E-state index in [0.717, 1.165) is 19.3 Å². The predicted molar refractivity (Wildman–Crippen MR) is 56.8 cm³/mol. The molecule has 2 fully saturated rings. The predicted octanol–water partition coefficient (Wildman–Crippen LogP) is -0.568. The minimum absolute atomic E-state index is 0.0623. The zero-order valence-corrected chi connectivity index (χ0v) is 9.50. The Morgan fingerprint density at radius 2 is 2.13 bits per heavy atom. The van der Waals surface area contributed by atoms with Crippen LogP contribution in [0.25, 0.3) is 0 Å². The fourth-order valence-corrected chi connectivity index (χ4v) is 3.77. The van der Waals surface area contributed by atoms with E-state index < -0.39 is 10.0 Å². The highest BCUT2D eigenvalue weighted by Gasteiger charge is 2.31. The van der Waals surface area contributed by atoms with Crippen molar-refractivity contribution in [1.82, 2.24) is 4.72 Å². The van der Waals surface area contributed by atoms with Crippen LogP contribution in [-0.4, -0.2) is 39.5 Å². The Morgan fingerprint density at radius 3 is 2.67 bits per heavy atom. The molecular formula is C9H18N2O3S. The lowest BCUT2D eigenvalue weighted by Crippen LogP contribution is -2.51. The molecule has 6 heteroatoms. The van der Waals surface area contributed by atoms with Gasteiger partial charge in [0.15, 0.2) is 0 Å².